The highest BCUT2D eigenvalue weighted by Crippen LogP contribution is 2.14. The Morgan fingerprint density at radius 1 is 1.50 bits per heavy atom. The number of amides is 1. The minimum absolute atomic E-state index is 0.155. The number of rotatable bonds is 5. The molecule has 0 bridgehead atoms. The number of halogens is 1. The molecule has 18 heavy (non-hydrogen) atoms. The average molecular weight is 315 g/mol. The monoisotopic (exact) mass is 314 g/mol. The third-order valence-electron chi connectivity index (χ3n) is 2.67. The third-order valence-corrected chi connectivity index (χ3v) is 3.38. The minimum Gasteiger partial charge on any atom is -0.352 e. The number of aromatic amines is 1. The van der Waals surface area contributed by atoms with Crippen LogP contribution in [-0.2, 0) is 6.42 Å². The molecule has 0 aliphatic heterocycles. The zero-order valence-corrected chi connectivity index (χ0v) is 12.6. The predicted octanol–water partition coefficient (Wildman–Crippen LogP) is 2.48. The summed E-state index contributed by atoms with van der Waals surface area (Å²) >= 11 is 3.35. The van der Waals surface area contributed by atoms with Crippen molar-refractivity contribution in [1.82, 2.24) is 10.3 Å². The van der Waals surface area contributed by atoms with Crippen LogP contribution in [0.3, 0.4) is 0 Å². The fraction of sp³-hybridized carbons (Fsp3) is 0.538. The Kier molecular flexibility index (Phi) is 5.59. The summed E-state index contributed by atoms with van der Waals surface area (Å²) in [4.78, 5) is 26.3. The average Bonchev–Trinajstić information content (AvgIpc) is 2.30. The van der Waals surface area contributed by atoms with E-state index in [1.165, 1.54) is 0 Å². The van der Waals surface area contributed by atoms with E-state index in [0.717, 1.165) is 16.6 Å². The molecule has 0 saturated heterocycles. The van der Waals surface area contributed by atoms with Gasteiger partial charge in [0.15, 0.2) is 0 Å². The number of H-pyrrole nitrogens is 1. The van der Waals surface area contributed by atoms with E-state index >= 15 is 0 Å². The normalized spacial score (nSPS) is 10.7. The van der Waals surface area contributed by atoms with Gasteiger partial charge >= 0.3 is 0 Å². The Bertz CT molecular complexity index is 480. The maximum atomic E-state index is 11.8. The van der Waals surface area contributed by atoms with Gasteiger partial charge in [0.25, 0.3) is 11.5 Å². The Balaban J connectivity index is 2.80. The van der Waals surface area contributed by atoms with Crippen molar-refractivity contribution in [1.29, 1.82) is 0 Å². The molecular formula is C13H19BrN2O2. The fourth-order valence-corrected chi connectivity index (χ4v) is 2.15. The summed E-state index contributed by atoms with van der Waals surface area (Å²) in [6.07, 6.45) is 1.61. The van der Waals surface area contributed by atoms with Crippen LogP contribution in [0.2, 0.25) is 0 Å². The van der Waals surface area contributed by atoms with Gasteiger partial charge in [-0.1, -0.05) is 20.8 Å². The van der Waals surface area contributed by atoms with E-state index in [1.807, 2.05) is 6.92 Å². The van der Waals surface area contributed by atoms with E-state index < -0.39 is 0 Å². The molecule has 0 aliphatic rings. The van der Waals surface area contributed by atoms with Crippen LogP contribution in [0.4, 0.5) is 0 Å². The van der Waals surface area contributed by atoms with E-state index in [0.29, 0.717) is 18.9 Å². The second-order valence-corrected chi connectivity index (χ2v) is 5.48. The van der Waals surface area contributed by atoms with Crippen molar-refractivity contribution in [2.75, 3.05) is 6.54 Å². The molecule has 0 saturated carbocycles. The van der Waals surface area contributed by atoms with Gasteiger partial charge in [-0.25, -0.2) is 0 Å². The molecule has 4 nitrogen and oxygen atoms in total. The van der Waals surface area contributed by atoms with Gasteiger partial charge < -0.3 is 10.3 Å². The molecule has 0 atom stereocenters. The van der Waals surface area contributed by atoms with Crippen LogP contribution >= 0.6 is 15.9 Å². The lowest BCUT2D eigenvalue weighted by atomic mass is 10.1. The number of nitrogens with one attached hydrogen (secondary N) is 2. The first-order valence-electron chi connectivity index (χ1n) is 6.15. The number of hydrogen-bond donors (Lipinski definition) is 2. The number of pyridine rings is 1. The predicted molar refractivity (Wildman–Crippen MR) is 75.9 cm³/mol. The fourth-order valence-electron chi connectivity index (χ4n) is 1.54. The maximum absolute atomic E-state index is 11.8. The lowest BCUT2D eigenvalue weighted by molar-refractivity contribution is 0.0950. The first kappa shape index (κ1) is 15.0. The van der Waals surface area contributed by atoms with E-state index in [1.54, 1.807) is 6.07 Å². The Labute approximate surface area is 115 Å². The lowest BCUT2D eigenvalue weighted by Crippen LogP contribution is -2.31. The Morgan fingerprint density at radius 2 is 2.17 bits per heavy atom. The van der Waals surface area contributed by atoms with Gasteiger partial charge in [0, 0.05) is 16.7 Å². The highest BCUT2D eigenvalue weighted by molar-refractivity contribution is 9.10. The molecule has 0 radical (unpaired) electrons. The quantitative estimate of drug-likeness (QED) is 0.877. The summed E-state index contributed by atoms with van der Waals surface area (Å²) in [6.45, 7) is 6.71. The number of carbonyl (C=O) groups is 1. The standard InChI is InChI=1S/C13H19BrN2O2/c1-4-11-10(14)7-9(13(18)16-11)12(17)15-6-5-8(2)3/h7-8H,4-6H2,1-3H3,(H,15,17)(H,16,18). The summed E-state index contributed by atoms with van der Waals surface area (Å²) < 4.78 is 0.763. The molecule has 0 aliphatic carbocycles. The van der Waals surface area contributed by atoms with Gasteiger partial charge in [-0.05, 0) is 40.8 Å². The van der Waals surface area contributed by atoms with Gasteiger partial charge in [-0.2, -0.15) is 0 Å². The van der Waals surface area contributed by atoms with Crippen LogP contribution in [-0.4, -0.2) is 17.4 Å². The van der Waals surface area contributed by atoms with Crippen LogP contribution in [0.15, 0.2) is 15.3 Å². The minimum atomic E-state index is -0.336. The molecule has 1 rings (SSSR count). The van der Waals surface area contributed by atoms with Gasteiger partial charge in [-0.3, -0.25) is 9.59 Å². The molecule has 1 aromatic heterocycles. The van der Waals surface area contributed by atoms with Crippen molar-refractivity contribution < 1.29 is 4.79 Å². The van der Waals surface area contributed by atoms with Crippen molar-refractivity contribution >= 4 is 21.8 Å². The highest BCUT2D eigenvalue weighted by atomic mass is 79.9. The van der Waals surface area contributed by atoms with Crippen molar-refractivity contribution in [2.45, 2.75) is 33.6 Å². The third kappa shape index (κ3) is 3.98. The Hall–Kier alpha value is -1.10. The van der Waals surface area contributed by atoms with Crippen LogP contribution in [0.25, 0.3) is 0 Å². The van der Waals surface area contributed by atoms with Crippen LogP contribution < -0.4 is 10.9 Å². The van der Waals surface area contributed by atoms with Crippen molar-refractivity contribution in [2.24, 2.45) is 5.92 Å². The topological polar surface area (TPSA) is 62.0 Å². The van der Waals surface area contributed by atoms with E-state index in [4.69, 9.17) is 0 Å². The number of hydrogen-bond acceptors (Lipinski definition) is 2. The molecular weight excluding hydrogens is 296 g/mol. The zero-order valence-electron chi connectivity index (χ0n) is 11.0. The molecule has 5 heteroatoms. The van der Waals surface area contributed by atoms with Crippen LogP contribution in [0.1, 0.15) is 43.2 Å². The van der Waals surface area contributed by atoms with Gasteiger partial charge in [0.05, 0.1) is 0 Å². The van der Waals surface area contributed by atoms with Crippen molar-refractivity contribution in [3.8, 4) is 0 Å². The second kappa shape index (κ2) is 6.73. The van der Waals surface area contributed by atoms with E-state index in [9.17, 15) is 9.59 Å². The van der Waals surface area contributed by atoms with Gasteiger partial charge in [0.2, 0.25) is 0 Å². The number of aryl methyl sites for hydroxylation is 1. The van der Waals surface area contributed by atoms with Crippen molar-refractivity contribution in [3.63, 3.8) is 0 Å². The van der Waals surface area contributed by atoms with Gasteiger partial charge in [0.1, 0.15) is 5.56 Å². The van der Waals surface area contributed by atoms with Gasteiger partial charge in [-0.15, -0.1) is 0 Å². The molecule has 2 N–H and O–H groups in total. The van der Waals surface area contributed by atoms with E-state index in [-0.39, 0.29) is 17.0 Å². The smallest absolute Gasteiger partial charge is 0.261 e. The summed E-state index contributed by atoms with van der Waals surface area (Å²) in [6, 6.07) is 1.59. The number of carbonyl (C=O) groups excluding carboxylic acids is 1. The van der Waals surface area contributed by atoms with Crippen molar-refractivity contribution in [3.05, 3.63) is 32.2 Å². The first-order chi connectivity index (χ1) is 8.45. The largest absolute Gasteiger partial charge is 0.352 e. The highest BCUT2D eigenvalue weighted by Gasteiger charge is 2.12. The first-order valence-corrected chi connectivity index (χ1v) is 6.94. The van der Waals surface area contributed by atoms with Crippen LogP contribution in [0.5, 0.6) is 0 Å². The summed E-state index contributed by atoms with van der Waals surface area (Å²) in [5.74, 6) is 0.207. The summed E-state index contributed by atoms with van der Waals surface area (Å²) in [7, 11) is 0. The molecule has 0 spiro atoms. The molecule has 0 fully saturated rings. The zero-order chi connectivity index (χ0) is 13.7. The molecule has 0 unspecified atom stereocenters. The number of aromatic nitrogens is 1. The molecule has 1 aromatic rings. The lowest BCUT2D eigenvalue weighted by Gasteiger charge is -2.08. The second-order valence-electron chi connectivity index (χ2n) is 4.63. The van der Waals surface area contributed by atoms with Crippen LogP contribution in [0, 0.1) is 5.92 Å². The maximum Gasteiger partial charge on any atom is 0.261 e. The van der Waals surface area contributed by atoms with E-state index in [2.05, 4.69) is 40.1 Å². The molecule has 1 amide bonds. The molecule has 100 valence electrons. The SMILES string of the molecule is CCc1[nH]c(=O)c(C(=O)NCCC(C)C)cc1Br. The Morgan fingerprint density at radius 3 is 2.72 bits per heavy atom. The summed E-state index contributed by atoms with van der Waals surface area (Å²) in [5, 5.41) is 2.76. The molecule has 0 aromatic carbocycles. The molecule has 1 heterocycles. The summed E-state index contributed by atoms with van der Waals surface area (Å²) in [5.41, 5.74) is 0.624.